The number of hydrogen-bond acceptors (Lipinski definition) is 5. The number of piperazine rings is 1. The molecule has 1 aromatic carbocycles. The van der Waals surface area contributed by atoms with Crippen LogP contribution >= 0.6 is 11.3 Å². The molecule has 2 aliphatic rings. The minimum absolute atomic E-state index is 0.0275. The Morgan fingerprint density at radius 2 is 1.92 bits per heavy atom. The third-order valence-corrected chi connectivity index (χ3v) is 7.86. The van der Waals surface area contributed by atoms with Crippen LogP contribution in [0.3, 0.4) is 0 Å². The summed E-state index contributed by atoms with van der Waals surface area (Å²) in [5.74, 6) is 0.187. The summed E-state index contributed by atoms with van der Waals surface area (Å²) in [5.41, 5.74) is 0. The molecule has 1 aromatic heterocycles. The van der Waals surface area contributed by atoms with Crippen molar-refractivity contribution in [3.63, 3.8) is 0 Å². The number of amides is 1. The Balaban J connectivity index is 1.42. The molecule has 3 heterocycles. The van der Waals surface area contributed by atoms with E-state index in [9.17, 15) is 17.6 Å². The lowest BCUT2D eigenvalue weighted by Crippen LogP contribution is -2.52. The smallest absolute Gasteiger partial charge is 0.264 e. The van der Waals surface area contributed by atoms with E-state index in [4.69, 9.17) is 0 Å². The summed E-state index contributed by atoms with van der Waals surface area (Å²) >= 11 is 1.31. The number of halogens is 1. The molecule has 0 spiro atoms. The van der Waals surface area contributed by atoms with Gasteiger partial charge in [0, 0.05) is 36.9 Å². The van der Waals surface area contributed by atoms with Crippen LogP contribution in [0, 0.1) is 5.82 Å². The maximum absolute atomic E-state index is 13.3. The highest BCUT2D eigenvalue weighted by molar-refractivity contribution is 7.91. The lowest BCUT2D eigenvalue weighted by atomic mass is 10.2. The van der Waals surface area contributed by atoms with Crippen molar-refractivity contribution < 1.29 is 17.6 Å². The van der Waals surface area contributed by atoms with Gasteiger partial charge in [-0.3, -0.25) is 9.69 Å². The number of hydrogen-bond donors (Lipinski definition) is 0. The fraction of sp³-hybridized carbons (Fsp3) is 0.471. The van der Waals surface area contributed by atoms with Crippen molar-refractivity contribution in [2.24, 2.45) is 0 Å². The minimum atomic E-state index is -2.89. The van der Waals surface area contributed by atoms with E-state index in [1.807, 2.05) is 6.07 Å². The van der Waals surface area contributed by atoms with E-state index in [1.54, 1.807) is 11.0 Å². The molecular formula is C17H19FN2O3S2. The molecule has 2 fully saturated rings. The normalized spacial score (nSPS) is 24.0. The van der Waals surface area contributed by atoms with Crippen LogP contribution in [-0.4, -0.2) is 67.9 Å². The van der Waals surface area contributed by atoms with E-state index < -0.39 is 9.84 Å². The Morgan fingerprint density at radius 1 is 1.16 bits per heavy atom. The summed E-state index contributed by atoms with van der Waals surface area (Å²) in [6, 6.07) is 6.45. The summed E-state index contributed by atoms with van der Waals surface area (Å²) in [6.45, 7) is 2.59. The largest absolute Gasteiger partial charge is 0.335 e. The maximum Gasteiger partial charge on any atom is 0.264 e. The first-order valence-corrected chi connectivity index (χ1v) is 11.0. The van der Waals surface area contributed by atoms with Crippen LogP contribution in [0.4, 0.5) is 4.39 Å². The number of carbonyl (C=O) groups is 1. The van der Waals surface area contributed by atoms with Gasteiger partial charge < -0.3 is 4.90 Å². The number of sulfone groups is 1. The highest BCUT2D eigenvalue weighted by Gasteiger charge is 2.34. The van der Waals surface area contributed by atoms with Crippen molar-refractivity contribution >= 4 is 37.2 Å². The Bertz CT molecular complexity index is 917. The summed E-state index contributed by atoms with van der Waals surface area (Å²) in [7, 11) is -2.89. The van der Waals surface area contributed by atoms with Crippen molar-refractivity contribution in [3.8, 4) is 0 Å². The van der Waals surface area contributed by atoms with Gasteiger partial charge in [-0.15, -0.1) is 11.3 Å². The lowest BCUT2D eigenvalue weighted by Gasteiger charge is -2.37. The van der Waals surface area contributed by atoms with Crippen molar-refractivity contribution in [1.29, 1.82) is 0 Å². The minimum Gasteiger partial charge on any atom is -0.335 e. The molecule has 1 atom stereocenters. The van der Waals surface area contributed by atoms with Gasteiger partial charge in [-0.25, -0.2) is 12.8 Å². The number of nitrogens with zero attached hydrogens (tertiary/aromatic N) is 2. The third kappa shape index (κ3) is 3.43. The number of fused-ring (bicyclic) bond motifs is 1. The van der Waals surface area contributed by atoms with Crippen molar-refractivity contribution in [1.82, 2.24) is 9.80 Å². The van der Waals surface area contributed by atoms with Crippen molar-refractivity contribution in [2.75, 3.05) is 37.7 Å². The zero-order valence-corrected chi connectivity index (χ0v) is 15.3. The quantitative estimate of drug-likeness (QED) is 0.797. The van der Waals surface area contributed by atoms with Gasteiger partial charge in [-0.1, -0.05) is 6.07 Å². The second-order valence-electron chi connectivity index (χ2n) is 6.68. The van der Waals surface area contributed by atoms with Gasteiger partial charge in [-0.05, 0) is 30.0 Å². The van der Waals surface area contributed by atoms with Crippen LogP contribution in [0.25, 0.3) is 10.1 Å². The zero-order valence-electron chi connectivity index (χ0n) is 13.7. The first-order valence-electron chi connectivity index (χ1n) is 8.34. The molecule has 2 saturated heterocycles. The number of thiophene rings is 1. The Morgan fingerprint density at radius 3 is 2.60 bits per heavy atom. The molecule has 0 bridgehead atoms. The molecule has 2 aromatic rings. The predicted molar refractivity (Wildman–Crippen MR) is 96.3 cm³/mol. The summed E-state index contributed by atoms with van der Waals surface area (Å²) in [4.78, 5) is 17.3. The van der Waals surface area contributed by atoms with E-state index in [-0.39, 0.29) is 29.3 Å². The molecule has 5 nitrogen and oxygen atoms in total. The van der Waals surface area contributed by atoms with E-state index in [0.717, 1.165) is 10.1 Å². The number of benzene rings is 1. The van der Waals surface area contributed by atoms with Gasteiger partial charge in [0.05, 0.1) is 16.4 Å². The van der Waals surface area contributed by atoms with Gasteiger partial charge in [0.1, 0.15) is 5.82 Å². The van der Waals surface area contributed by atoms with Crippen LogP contribution in [0.5, 0.6) is 0 Å². The zero-order chi connectivity index (χ0) is 17.6. The van der Waals surface area contributed by atoms with E-state index in [2.05, 4.69) is 4.90 Å². The van der Waals surface area contributed by atoms with Crippen LogP contribution in [0.15, 0.2) is 24.3 Å². The molecule has 8 heteroatoms. The fourth-order valence-corrected chi connectivity index (χ4v) is 6.44. The standard InChI is InChI=1S/C17H19FN2O3S2/c18-13-2-1-12-9-16(24-15(12)10-13)17(21)20-6-4-19(5-7-20)14-3-8-25(22,23)11-14/h1-2,9-10,14H,3-8,11H2/t14-/m0/s1. The average Bonchev–Trinajstić information content (AvgIpc) is 3.17. The SMILES string of the molecule is O=C(c1cc2ccc(F)cc2s1)N1CCN([C@H]2CCS(=O)(=O)C2)CC1. The van der Waals surface area contributed by atoms with Gasteiger partial charge in [0.25, 0.3) is 5.91 Å². The molecule has 134 valence electrons. The van der Waals surface area contributed by atoms with E-state index in [0.29, 0.717) is 37.5 Å². The van der Waals surface area contributed by atoms with Crippen LogP contribution < -0.4 is 0 Å². The van der Waals surface area contributed by atoms with Gasteiger partial charge in [-0.2, -0.15) is 0 Å². The Labute approximate surface area is 149 Å². The van der Waals surface area contributed by atoms with E-state index in [1.165, 1.54) is 23.5 Å². The first-order chi connectivity index (χ1) is 11.9. The monoisotopic (exact) mass is 382 g/mol. The highest BCUT2D eigenvalue weighted by Crippen LogP contribution is 2.28. The molecule has 0 unspecified atom stereocenters. The van der Waals surface area contributed by atoms with Crippen LogP contribution in [0.1, 0.15) is 16.1 Å². The fourth-order valence-electron chi connectivity index (χ4n) is 3.62. The van der Waals surface area contributed by atoms with Crippen molar-refractivity contribution in [2.45, 2.75) is 12.5 Å². The molecular weight excluding hydrogens is 363 g/mol. The van der Waals surface area contributed by atoms with Crippen molar-refractivity contribution in [3.05, 3.63) is 35.0 Å². The molecule has 0 aliphatic carbocycles. The molecule has 25 heavy (non-hydrogen) atoms. The lowest BCUT2D eigenvalue weighted by molar-refractivity contribution is 0.0592. The molecule has 0 N–H and O–H groups in total. The number of rotatable bonds is 2. The van der Waals surface area contributed by atoms with Gasteiger partial charge in [0.2, 0.25) is 0 Å². The third-order valence-electron chi connectivity index (χ3n) is 5.02. The summed E-state index contributed by atoms with van der Waals surface area (Å²) < 4.78 is 37.4. The average molecular weight is 382 g/mol. The topological polar surface area (TPSA) is 57.7 Å². The maximum atomic E-state index is 13.3. The second kappa shape index (κ2) is 6.34. The van der Waals surface area contributed by atoms with Gasteiger partial charge in [0.15, 0.2) is 9.84 Å². The number of carbonyl (C=O) groups excluding carboxylic acids is 1. The first kappa shape index (κ1) is 16.9. The van der Waals surface area contributed by atoms with Crippen LogP contribution in [0.2, 0.25) is 0 Å². The van der Waals surface area contributed by atoms with Gasteiger partial charge >= 0.3 is 0 Å². The Hall–Kier alpha value is -1.51. The molecule has 0 radical (unpaired) electrons. The van der Waals surface area contributed by atoms with E-state index >= 15 is 0 Å². The Kier molecular flexibility index (Phi) is 4.29. The summed E-state index contributed by atoms with van der Waals surface area (Å²) in [6.07, 6.45) is 0.693. The molecule has 4 rings (SSSR count). The highest BCUT2D eigenvalue weighted by atomic mass is 32.2. The second-order valence-corrected chi connectivity index (χ2v) is 9.99. The van der Waals surface area contributed by atoms with Crippen LogP contribution in [-0.2, 0) is 9.84 Å². The summed E-state index contributed by atoms with van der Waals surface area (Å²) in [5, 5.41) is 0.879. The molecule has 1 amide bonds. The molecule has 2 aliphatic heterocycles. The molecule has 0 saturated carbocycles. The predicted octanol–water partition coefficient (Wildman–Crippen LogP) is 1.99.